The SMILES string of the molecule is CC(=O)c1c(C)[nH]c(CC(C)(C)C)c1C. The molecule has 15 heavy (non-hydrogen) atoms. The molecule has 0 bridgehead atoms. The van der Waals surface area contributed by atoms with Crippen molar-refractivity contribution in [1.29, 1.82) is 0 Å². The number of carbonyl (C=O) groups is 1. The van der Waals surface area contributed by atoms with Crippen molar-refractivity contribution < 1.29 is 4.79 Å². The van der Waals surface area contributed by atoms with E-state index in [0.717, 1.165) is 23.2 Å². The van der Waals surface area contributed by atoms with Gasteiger partial charge in [0.2, 0.25) is 0 Å². The molecule has 0 saturated carbocycles. The maximum Gasteiger partial charge on any atom is 0.161 e. The Kier molecular flexibility index (Phi) is 3.08. The summed E-state index contributed by atoms with van der Waals surface area (Å²) in [6.45, 7) is 12.2. The lowest BCUT2D eigenvalue weighted by Crippen LogP contribution is -2.10. The van der Waals surface area contributed by atoms with Gasteiger partial charge in [0, 0.05) is 17.0 Å². The average Bonchev–Trinajstić information content (AvgIpc) is 2.23. The van der Waals surface area contributed by atoms with Crippen LogP contribution in [0.3, 0.4) is 0 Å². The molecule has 2 heteroatoms. The number of aromatic amines is 1. The minimum absolute atomic E-state index is 0.154. The number of carbonyl (C=O) groups excluding carboxylic acids is 1. The van der Waals surface area contributed by atoms with Gasteiger partial charge in [-0.25, -0.2) is 0 Å². The van der Waals surface area contributed by atoms with Crippen molar-refractivity contribution in [2.24, 2.45) is 5.41 Å². The van der Waals surface area contributed by atoms with E-state index >= 15 is 0 Å². The summed E-state index contributed by atoms with van der Waals surface area (Å²) < 4.78 is 0. The van der Waals surface area contributed by atoms with Crippen LogP contribution in [0.4, 0.5) is 0 Å². The number of hydrogen-bond donors (Lipinski definition) is 1. The molecule has 0 radical (unpaired) electrons. The fraction of sp³-hybridized carbons (Fsp3) is 0.615. The van der Waals surface area contributed by atoms with E-state index in [1.165, 1.54) is 5.69 Å². The molecule has 0 aliphatic rings. The summed E-state index contributed by atoms with van der Waals surface area (Å²) in [5.41, 5.74) is 4.43. The van der Waals surface area contributed by atoms with Crippen LogP contribution in [0, 0.1) is 19.3 Å². The number of aryl methyl sites for hydroxylation is 1. The van der Waals surface area contributed by atoms with Crippen LogP contribution in [-0.4, -0.2) is 10.8 Å². The molecule has 1 heterocycles. The van der Waals surface area contributed by atoms with Gasteiger partial charge in [-0.05, 0) is 38.2 Å². The molecule has 2 nitrogen and oxygen atoms in total. The highest BCUT2D eigenvalue weighted by Crippen LogP contribution is 2.25. The van der Waals surface area contributed by atoms with Crippen molar-refractivity contribution in [3.63, 3.8) is 0 Å². The second-order valence-electron chi connectivity index (χ2n) is 5.52. The number of Topliss-reactive ketones (excluding diaryl/α,β-unsaturated/α-hetero) is 1. The molecular weight excluding hydrogens is 186 g/mol. The van der Waals surface area contributed by atoms with Gasteiger partial charge >= 0.3 is 0 Å². The first-order valence-corrected chi connectivity index (χ1v) is 5.41. The van der Waals surface area contributed by atoms with E-state index in [-0.39, 0.29) is 11.2 Å². The summed E-state index contributed by atoms with van der Waals surface area (Å²) in [5, 5.41) is 0. The van der Waals surface area contributed by atoms with Crippen LogP contribution in [0.2, 0.25) is 0 Å². The zero-order chi connectivity index (χ0) is 11.8. The first-order valence-electron chi connectivity index (χ1n) is 5.41. The molecule has 1 N–H and O–H groups in total. The van der Waals surface area contributed by atoms with Gasteiger partial charge in [-0.2, -0.15) is 0 Å². The van der Waals surface area contributed by atoms with Crippen molar-refractivity contribution in [3.8, 4) is 0 Å². The number of hydrogen-bond acceptors (Lipinski definition) is 1. The Morgan fingerprint density at radius 3 is 2.13 bits per heavy atom. The predicted octanol–water partition coefficient (Wildman–Crippen LogP) is 3.42. The highest BCUT2D eigenvalue weighted by atomic mass is 16.1. The van der Waals surface area contributed by atoms with Crippen molar-refractivity contribution in [1.82, 2.24) is 4.98 Å². The average molecular weight is 207 g/mol. The number of H-pyrrole nitrogens is 1. The van der Waals surface area contributed by atoms with Crippen LogP contribution >= 0.6 is 0 Å². The Morgan fingerprint density at radius 2 is 1.80 bits per heavy atom. The molecule has 1 aromatic heterocycles. The molecule has 0 aromatic carbocycles. The highest BCUT2D eigenvalue weighted by molar-refractivity contribution is 5.97. The number of rotatable bonds is 2. The second-order valence-corrected chi connectivity index (χ2v) is 5.52. The van der Waals surface area contributed by atoms with Gasteiger partial charge in [-0.15, -0.1) is 0 Å². The summed E-state index contributed by atoms with van der Waals surface area (Å²) in [7, 11) is 0. The third-order valence-electron chi connectivity index (χ3n) is 2.60. The molecule has 1 rings (SSSR count). The first-order chi connectivity index (χ1) is 6.72. The largest absolute Gasteiger partial charge is 0.362 e. The lowest BCUT2D eigenvalue weighted by molar-refractivity contribution is 0.101. The van der Waals surface area contributed by atoms with Crippen molar-refractivity contribution in [2.75, 3.05) is 0 Å². The van der Waals surface area contributed by atoms with Crippen molar-refractivity contribution in [3.05, 3.63) is 22.5 Å². The Morgan fingerprint density at radius 1 is 1.27 bits per heavy atom. The molecule has 84 valence electrons. The van der Waals surface area contributed by atoms with Crippen LogP contribution in [-0.2, 0) is 6.42 Å². The normalized spacial score (nSPS) is 11.9. The quantitative estimate of drug-likeness (QED) is 0.740. The fourth-order valence-corrected chi connectivity index (χ4v) is 2.05. The molecule has 0 aliphatic carbocycles. The third kappa shape index (κ3) is 2.71. The van der Waals surface area contributed by atoms with Crippen LogP contribution < -0.4 is 0 Å². The summed E-state index contributed by atoms with van der Waals surface area (Å²) in [6.07, 6.45) is 0.979. The van der Waals surface area contributed by atoms with Gasteiger partial charge in [-0.3, -0.25) is 4.79 Å². The third-order valence-corrected chi connectivity index (χ3v) is 2.60. The van der Waals surface area contributed by atoms with Gasteiger partial charge in [0.05, 0.1) is 0 Å². The van der Waals surface area contributed by atoms with E-state index in [9.17, 15) is 4.79 Å². The topological polar surface area (TPSA) is 32.9 Å². The summed E-state index contributed by atoms with van der Waals surface area (Å²) in [6, 6.07) is 0. The molecule has 0 aliphatic heterocycles. The molecule has 0 spiro atoms. The zero-order valence-electron chi connectivity index (χ0n) is 10.6. The summed E-state index contributed by atoms with van der Waals surface area (Å²) >= 11 is 0. The molecule has 1 aromatic rings. The number of aromatic nitrogens is 1. The zero-order valence-corrected chi connectivity index (χ0v) is 10.6. The minimum Gasteiger partial charge on any atom is -0.362 e. The lowest BCUT2D eigenvalue weighted by Gasteiger charge is -2.17. The number of nitrogens with one attached hydrogen (secondary N) is 1. The van der Waals surface area contributed by atoms with Gasteiger partial charge < -0.3 is 4.98 Å². The van der Waals surface area contributed by atoms with E-state index in [2.05, 4.69) is 25.8 Å². The highest BCUT2D eigenvalue weighted by Gasteiger charge is 2.19. The molecular formula is C13H21NO. The molecule has 0 fully saturated rings. The molecule has 0 unspecified atom stereocenters. The Labute approximate surface area is 92.1 Å². The predicted molar refractivity (Wildman–Crippen MR) is 63.4 cm³/mol. The van der Waals surface area contributed by atoms with Gasteiger partial charge in [0.15, 0.2) is 5.78 Å². The van der Waals surface area contributed by atoms with E-state index in [1.807, 2.05) is 13.8 Å². The smallest absolute Gasteiger partial charge is 0.161 e. The van der Waals surface area contributed by atoms with Crippen LogP contribution in [0.15, 0.2) is 0 Å². The van der Waals surface area contributed by atoms with Gasteiger partial charge in [0.1, 0.15) is 0 Å². The maximum atomic E-state index is 11.4. The second kappa shape index (κ2) is 3.84. The van der Waals surface area contributed by atoms with E-state index in [4.69, 9.17) is 0 Å². The van der Waals surface area contributed by atoms with Gasteiger partial charge in [0.25, 0.3) is 0 Å². The van der Waals surface area contributed by atoms with E-state index < -0.39 is 0 Å². The monoisotopic (exact) mass is 207 g/mol. The van der Waals surface area contributed by atoms with E-state index in [1.54, 1.807) is 6.92 Å². The van der Waals surface area contributed by atoms with Crippen molar-refractivity contribution >= 4 is 5.78 Å². The molecule has 0 atom stereocenters. The van der Waals surface area contributed by atoms with Crippen LogP contribution in [0.25, 0.3) is 0 Å². The Balaban J connectivity index is 3.13. The number of ketones is 1. The standard InChI is InChI=1S/C13H21NO/c1-8-11(7-13(4,5)6)14-9(2)12(8)10(3)15/h14H,7H2,1-6H3. The van der Waals surface area contributed by atoms with E-state index in [0.29, 0.717) is 0 Å². The van der Waals surface area contributed by atoms with Crippen molar-refractivity contribution in [2.45, 2.75) is 48.0 Å². The first kappa shape index (κ1) is 12.0. The maximum absolute atomic E-state index is 11.4. The van der Waals surface area contributed by atoms with Crippen LogP contribution in [0.5, 0.6) is 0 Å². The van der Waals surface area contributed by atoms with Gasteiger partial charge in [-0.1, -0.05) is 20.8 Å². The minimum atomic E-state index is 0.154. The Hall–Kier alpha value is -1.05. The fourth-order valence-electron chi connectivity index (χ4n) is 2.05. The Bertz CT molecular complexity index is 380. The summed E-state index contributed by atoms with van der Waals surface area (Å²) in [5.74, 6) is 0.154. The summed E-state index contributed by atoms with van der Waals surface area (Å²) in [4.78, 5) is 14.8. The molecule has 0 saturated heterocycles. The lowest BCUT2D eigenvalue weighted by atomic mass is 9.89. The van der Waals surface area contributed by atoms with Crippen LogP contribution in [0.1, 0.15) is 55.0 Å². The molecule has 0 amide bonds.